The molecule has 0 saturated carbocycles. The summed E-state index contributed by atoms with van der Waals surface area (Å²) in [4.78, 5) is 12.2. The molecule has 0 spiro atoms. The van der Waals surface area contributed by atoms with E-state index in [1.807, 2.05) is 24.3 Å². The molecule has 0 saturated heterocycles. The zero-order valence-electron chi connectivity index (χ0n) is 15.6. The lowest BCUT2D eigenvalue weighted by atomic mass is 10.1. The molecular weight excluding hydrogens is 415 g/mol. The van der Waals surface area contributed by atoms with E-state index in [-0.39, 0.29) is 0 Å². The van der Waals surface area contributed by atoms with Gasteiger partial charge < -0.3 is 9.47 Å². The normalized spacial score (nSPS) is 12.0. The van der Waals surface area contributed by atoms with Crippen LogP contribution in [0.5, 0.6) is 11.5 Å². The molecule has 3 aromatic rings. The predicted molar refractivity (Wildman–Crippen MR) is 113 cm³/mol. The summed E-state index contributed by atoms with van der Waals surface area (Å²) in [6, 6.07) is 12.3. The molecule has 1 aromatic heterocycles. The van der Waals surface area contributed by atoms with Gasteiger partial charge in [-0.3, -0.25) is 9.89 Å². The summed E-state index contributed by atoms with van der Waals surface area (Å²) in [5.74, 6) is 0.687. The molecule has 1 unspecified atom stereocenters. The van der Waals surface area contributed by atoms with Gasteiger partial charge in [0, 0.05) is 16.1 Å². The van der Waals surface area contributed by atoms with E-state index < -0.39 is 12.0 Å². The fraction of sp³-hybridized carbons (Fsp3) is 0.150. The van der Waals surface area contributed by atoms with Gasteiger partial charge in [0.25, 0.3) is 5.91 Å². The maximum absolute atomic E-state index is 12.2. The second-order valence-corrected chi connectivity index (χ2v) is 6.84. The number of hydrogen-bond donors (Lipinski definition) is 2. The van der Waals surface area contributed by atoms with Crippen molar-refractivity contribution in [2.45, 2.75) is 13.0 Å². The highest BCUT2D eigenvalue weighted by Crippen LogP contribution is 2.28. The minimum absolute atomic E-state index is 0.322. The van der Waals surface area contributed by atoms with Crippen molar-refractivity contribution >= 4 is 35.3 Å². The van der Waals surface area contributed by atoms with Crippen molar-refractivity contribution in [2.75, 3.05) is 7.11 Å². The standard InChI is InChI=1S/C20H18Cl2N4O3/c1-12(29-18-8-5-15(21)9-17(18)22)20(27)26-24-11-14-10-23-25-19(14)13-3-6-16(28-2)7-4-13/h3-12H,1-2H3,(H,23,25)(H,26,27). The van der Waals surface area contributed by atoms with Crippen molar-refractivity contribution in [3.8, 4) is 22.8 Å². The molecule has 0 aliphatic carbocycles. The number of aromatic amines is 1. The summed E-state index contributed by atoms with van der Waals surface area (Å²) < 4.78 is 10.7. The Morgan fingerprint density at radius 1 is 1.24 bits per heavy atom. The minimum atomic E-state index is -0.809. The Labute approximate surface area is 177 Å². The van der Waals surface area contributed by atoms with Gasteiger partial charge in [-0.25, -0.2) is 5.43 Å². The largest absolute Gasteiger partial charge is 0.497 e. The third-order valence-electron chi connectivity index (χ3n) is 3.99. The molecule has 150 valence electrons. The lowest BCUT2D eigenvalue weighted by Crippen LogP contribution is -2.33. The number of rotatable bonds is 7. The van der Waals surface area contributed by atoms with Gasteiger partial charge in [-0.2, -0.15) is 10.2 Å². The van der Waals surface area contributed by atoms with E-state index >= 15 is 0 Å². The van der Waals surface area contributed by atoms with Crippen LogP contribution in [0.1, 0.15) is 12.5 Å². The fourth-order valence-corrected chi connectivity index (χ4v) is 2.91. The molecule has 1 amide bonds. The number of ether oxygens (including phenoxy) is 2. The van der Waals surface area contributed by atoms with E-state index in [0.29, 0.717) is 21.4 Å². The predicted octanol–water partition coefficient (Wildman–Crippen LogP) is 4.31. The van der Waals surface area contributed by atoms with E-state index in [1.165, 1.54) is 6.21 Å². The smallest absolute Gasteiger partial charge is 0.280 e. The van der Waals surface area contributed by atoms with Crippen LogP contribution < -0.4 is 14.9 Å². The van der Waals surface area contributed by atoms with Crippen LogP contribution in [0.25, 0.3) is 11.3 Å². The molecule has 0 fully saturated rings. The van der Waals surface area contributed by atoms with Gasteiger partial charge in [-0.1, -0.05) is 23.2 Å². The average molecular weight is 433 g/mol. The molecule has 0 radical (unpaired) electrons. The second-order valence-electron chi connectivity index (χ2n) is 6.00. The number of nitrogens with zero attached hydrogens (tertiary/aromatic N) is 2. The van der Waals surface area contributed by atoms with Crippen molar-refractivity contribution in [1.29, 1.82) is 0 Å². The van der Waals surface area contributed by atoms with Gasteiger partial charge in [0.2, 0.25) is 0 Å². The molecule has 3 rings (SSSR count). The number of benzene rings is 2. The summed E-state index contributed by atoms with van der Waals surface area (Å²) in [5.41, 5.74) is 4.83. The molecule has 1 atom stereocenters. The van der Waals surface area contributed by atoms with E-state index in [2.05, 4.69) is 20.7 Å². The zero-order valence-corrected chi connectivity index (χ0v) is 17.2. The van der Waals surface area contributed by atoms with Gasteiger partial charge in [0.05, 0.1) is 30.2 Å². The lowest BCUT2D eigenvalue weighted by Gasteiger charge is -2.14. The highest BCUT2D eigenvalue weighted by molar-refractivity contribution is 6.35. The van der Waals surface area contributed by atoms with Crippen LogP contribution in [0, 0.1) is 0 Å². The zero-order chi connectivity index (χ0) is 20.8. The maximum atomic E-state index is 12.2. The highest BCUT2D eigenvalue weighted by Gasteiger charge is 2.16. The molecule has 2 aromatic carbocycles. The molecule has 2 N–H and O–H groups in total. The first-order valence-corrected chi connectivity index (χ1v) is 9.36. The number of nitrogens with one attached hydrogen (secondary N) is 2. The summed E-state index contributed by atoms with van der Waals surface area (Å²) in [5, 5.41) is 11.8. The van der Waals surface area contributed by atoms with Crippen LogP contribution in [-0.2, 0) is 4.79 Å². The number of carbonyl (C=O) groups excluding carboxylic acids is 1. The molecule has 0 aliphatic heterocycles. The van der Waals surface area contributed by atoms with Crippen LogP contribution in [0.15, 0.2) is 53.8 Å². The van der Waals surface area contributed by atoms with E-state index in [4.69, 9.17) is 32.7 Å². The third-order valence-corrected chi connectivity index (χ3v) is 4.52. The van der Waals surface area contributed by atoms with Crippen molar-refractivity contribution < 1.29 is 14.3 Å². The topological polar surface area (TPSA) is 88.6 Å². The summed E-state index contributed by atoms with van der Waals surface area (Å²) >= 11 is 11.9. The summed E-state index contributed by atoms with van der Waals surface area (Å²) in [6.45, 7) is 1.59. The Kier molecular flexibility index (Phi) is 6.74. The number of H-pyrrole nitrogens is 1. The molecule has 0 bridgehead atoms. The number of aromatic nitrogens is 2. The summed E-state index contributed by atoms with van der Waals surface area (Å²) in [6.07, 6.45) is 2.31. The van der Waals surface area contributed by atoms with Gasteiger partial charge in [-0.05, 0) is 49.4 Å². The highest BCUT2D eigenvalue weighted by atomic mass is 35.5. The number of hydrazone groups is 1. The van der Waals surface area contributed by atoms with Crippen LogP contribution >= 0.6 is 23.2 Å². The average Bonchev–Trinajstić information content (AvgIpc) is 3.18. The van der Waals surface area contributed by atoms with Crippen molar-refractivity contribution in [2.24, 2.45) is 5.10 Å². The Morgan fingerprint density at radius 3 is 2.69 bits per heavy atom. The molecule has 7 nitrogen and oxygen atoms in total. The Hall–Kier alpha value is -3.03. The van der Waals surface area contributed by atoms with Crippen molar-refractivity contribution in [1.82, 2.24) is 15.6 Å². The summed E-state index contributed by atoms with van der Waals surface area (Å²) in [7, 11) is 1.61. The molecule has 29 heavy (non-hydrogen) atoms. The second kappa shape index (κ2) is 9.45. The Bertz CT molecular complexity index is 1020. The minimum Gasteiger partial charge on any atom is -0.497 e. The molecular formula is C20H18Cl2N4O3. The number of hydrogen-bond acceptors (Lipinski definition) is 5. The Morgan fingerprint density at radius 2 is 2.00 bits per heavy atom. The monoisotopic (exact) mass is 432 g/mol. The molecule has 0 aliphatic rings. The van der Waals surface area contributed by atoms with Crippen molar-refractivity contribution in [3.05, 3.63) is 64.3 Å². The first kappa shape index (κ1) is 20.7. The first-order chi connectivity index (χ1) is 14.0. The quantitative estimate of drug-likeness (QED) is 0.429. The molecule has 1 heterocycles. The first-order valence-electron chi connectivity index (χ1n) is 8.60. The van der Waals surface area contributed by atoms with Crippen LogP contribution in [0.3, 0.4) is 0 Å². The van der Waals surface area contributed by atoms with Gasteiger partial charge in [0.1, 0.15) is 11.5 Å². The van der Waals surface area contributed by atoms with Crippen LogP contribution in [-0.4, -0.2) is 35.5 Å². The van der Waals surface area contributed by atoms with E-state index in [1.54, 1.807) is 38.4 Å². The Balaban J connectivity index is 1.62. The van der Waals surface area contributed by atoms with Gasteiger partial charge in [-0.15, -0.1) is 0 Å². The van der Waals surface area contributed by atoms with Crippen molar-refractivity contribution in [3.63, 3.8) is 0 Å². The number of halogens is 2. The fourth-order valence-electron chi connectivity index (χ4n) is 2.45. The maximum Gasteiger partial charge on any atom is 0.280 e. The number of methoxy groups -OCH3 is 1. The van der Waals surface area contributed by atoms with Crippen LogP contribution in [0.2, 0.25) is 10.0 Å². The van der Waals surface area contributed by atoms with Gasteiger partial charge in [0.15, 0.2) is 6.10 Å². The third kappa shape index (κ3) is 5.28. The lowest BCUT2D eigenvalue weighted by molar-refractivity contribution is -0.127. The number of carbonyl (C=O) groups is 1. The molecule has 9 heteroatoms. The van der Waals surface area contributed by atoms with Crippen LogP contribution in [0.4, 0.5) is 0 Å². The van der Waals surface area contributed by atoms with E-state index in [9.17, 15) is 4.79 Å². The number of amides is 1. The SMILES string of the molecule is COc1ccc(-c2[nH]ncc2C=NNC(=O)C(C)Oc2ccc(Cl)cc2Cl)cc1. The van der Waals surface area contributed by atoms with Gasteiger partial charge >= 0.3 is 0 Å². The van der Waals surface area contributed by atoms with E-state index in [0.717, 1.165) is 17.0 Å².